The molecule has 0 bridgehead atoms. The van der Waals surface area contributed by atoms with E-state index in [0.29, 0.717) is 34.0 Å². The van der Waals surface area contributed by atoms with Crippen LogP contribution in [0.5, 0.6) is 5.75 Å². The number of aliphatic hydroxyl groups excluding tert-OH is 2. The van der Waals surface area contributed by atoms with E-state index >= 15 is 14.4 Å². The van der Waals surface area contributed by atoms with E-state index in [1.807, 2.05) is 0 Å². The van der Waals surface area contributed by atoms with Crippen LogP contribution in [0.1, 0.15) is 49.8 Å². The number of aromatic nitrogens is 1. The Balaban J connectivity index is 1.41. The number of H-pyrrole nitrogens is 1. The number of para-hydroxylation sites is 1. The molecular weight excluding hydrogens is 1340 g/mol. The summed E-state index contributed by atoms with van der Waals surface area (Å²) in [5.74, 6) is -12.1. The highest BCUT2D eigenvalue weighted by molar-refractivity contribution is 8.76. The van der Waals surface area contributed by atoms with Gasteiger partial charge in [0.1, 0.15) is 48.0 Å². The van der Waals surface area contributed by atoms with Crippen LogP contribution in [-0.2, 0) is 76.8 Å². The van der Waals surface area contributed by atoms with Crippen molar-refractivity contribution in [1.29, 1.82) is 0 Å². The van der Waals surface area contributed by atoms with Gasteiger partial charge >= 0.3 is 5.97 Å². The molecule has 10 unspecified atom stereocenters. The Morgan fingerprint density at radius 2 is 1.11 bits per heavy atom. The van der Waals surface area contributed by atoms with Gasteiger partial charge in [-0.2, -0.15) is 0 Å². The van der Waals surface area contributed by atoms with Crippen molar-refractivity contribution in [3.63, 3.8) is 0 Å². The lowest BCUT2D eigenvalue weighted by molar-refractivity contribution is -0.145. The molecule has 0 aliphatic carbocycles. The second-order valence-electron chi connectivity index (χ2n) is 24.7. The van der Waals surface area contributed by atoms with Gasteiger partial charge in [0.05, 0.1) is 38.4 Å². The quantitative estimate of drug-likeness (QED) is 0.0206. The fourth-order valence-corrected chi connectivity index (χ4v) is 13.5. The number of carboxylic acid groups (broad SMARTS) is 1. The number of carbonyl (C=O) groups excluding carboxylic acids is 11. The number of hydrogen-bond donors (Lipinski definition) is 17. The van der Waals surface area contributed by atoms with E-state index < -0.39 is 143 Å². The van der Waals surface area contributed by atoms with Crippen molar-refractivity contribution < 1.29 is 78.0 Å². The number of phenolic OH excluding ortho intramolecular Hbond substituents is 1. The number of aliphatic carboxylic acids is 1. The third kappa shape index (κ3) is 26.6. The van der Waals surface area contributed by atoms with E-state index in [4.69, 9.17) is 22.9 Å². The molecule has 546 valence electrons. The molecule has 6 rings (SSSR count). The van der Waals surface area contributed by atoms with Gasteiger partial charge in [0.25, 0.3) is 0 Å². The maximum atomic E-state index is 15.3. The zero-order valence-corrected chi connectivity index (χ0v) is 57.4. The number of primary amides is 3. The number of fused-ring (bicyclic) bond motifs is 1. The maximum Gasteiger partial charge on any atom is 0.328 e. The van der Waals surface area contributed by atoms with Crippen LogP contribution in [0.2, 0.25) is 0 Å². The highest BCUT2D eigenvalue weighted by Crippen LogP contribution is 2.25. The molecule has 2 saturated heterocycles. The van der Waals surface area contributed by atoms with Crippen molar-refractivity contribution in [2.75, 3.05) is 96.6 Å². The first kappa shape index (κ1) is 80.0. The van der Waals surface area contributed by atoms with E-state index in [1.54, 1.807) is 80.4 Å². The van der Waals surface area contributed by atoms with Gasteiger partial charge in [0.2, 0.25) is 65.0 Å². The highest BCUT2D eigenvalue weighted by Gasteiger charge is 2.38. The predicted molar refractivity (Wildman–Crippen MR) is 372 cm³/mol. The molecule has 2 fully saturated rings. The number of nitrogens with zero attached hydrogens (tertiary/aromatic N) is 4. The molecule has 35 heteroatoms. The van der Waals surface area contributed by atoms with Gasteiger partial charge in [-0.25, -0.2) is 4.79 Å². The molecule has 1 aromatic heterocycles. The van der Waals surface area contributed by atoms with Crippen LogP contribution in [0.3, 0.4) is 0 Å². The van der Waals surface area contributed by atoms with Gasteiger partial charge in [-0.05, 0) is 74.5 Å². The predicted octanol–water partition coefficient (Wildman–Crippen LogP) is -5.17. The molecule has 2 aliphatic heterocycles. The lowest BCUT2D eigenvalue weighted by atomic mass is 10.0. The number of aromatic amines is 1. The summed E-state index contributed by atoms with van der Waals surface area (Å²) in [7, 11) is 1.70. The molecule has 10 atom stereocenters. The maximum absolute atomic E-state index is 15.3. The Morgan fingerprint density at radius 1 is 0.590 bits per heavy atom. The number of nitrogens with one attached hydrogen (secondary N) is 9. The normalized spacial score (nSPS) is 21.9. The van der Waals surface area contributed by atoms with E-state index in [0.717, 1.165) is 28.5 Å². The van der Waals surface area contributed by atoms with Gasteiger partial charge in [-0.1, -0.05) is 82.3 Å². The monoisotopic (exact) mass is 1430 g/mol. The lowest BCUT2D eigenvalue weighted by Crippen LogP contribution is -2.62. The molecule has 3 aromatic carbocycles. The third-order valence-electron chi connectivity index (χ3n) is 16.6. The van der Waals surface area contributed by atoms with Crippen LogP contribution >= 0.6 is 21.6 Å². The number of hydrogen-bond acceptors (Lipinski definition) is 22. The van der Waals surface area contributed by atoms with E-state index in [1.165, 1.54) is 31.2 Å². The van der Waals surface area contributed by atoms with Crippen molar-refractivity contribution in [3.8, 4) is 5.75 Å². The second kappa shape index (κ2) is 40.3. The summed E-state index contributed by atoms with van der Waals surface area (Å²) >= 11 is 0. The van der Waals surface area contributed by atoms with Gasteiger partial charge in [-0.3, -0.25) is 72.3 Å². The fraction of sp³-hybridized carbons (Fsp3) is 0.508. The van der Waals surface area contributed by atoms with Crippen LogP contribution in [-0.4, -0.2) is 273 Å². The van der Waals surface area contributed by atoms with Crippen LogP contribution in [0.15, 0.2) is 85.1 Å². The first-order valence-corrected chi connectivity index (χ1v) is 35.2. The highest BCUT2D eigenvalue weighted by atomic mass is 33.1. The van der Waals surface area contributed by atoms with Crippen molar-refractivity contribution >= 4 is 103 Å². The lowest BCUT2D eigenvalue weighted by Gasteiger charge is -2.33. The molecule has 2 aliphatic rings. The van der Waals surface area contributed by atoms with Crippen LogP contribution in [0.4, 0.5) is 0 Å². The number of amides is 11. The number of benzene rings is 3. The molecule has 0 saturated carbocycles. The summed E-state index contributed by atoms with van der Waals surface area (Å²) in [5.41, 5.74) is 24.9. The summed E-state index contributed by atoms with van der Waals surface area (Å²) < 4.78 is 0. The molecule has 0 spiro atoms. The number of carboxylic acids is 1. The van der Waals surface area contributed by atoms with Crippen molar-refractivity contribution in [1.82, 2.24) is 67.1 Å². The molecule has 3 heterocycles. The Kier molecular flexibility index (Phi) is 32.3. The smallest absolute Gasteiger partial charge is 0.328 e. The Morgan fingerprint density at radius 3 is 1.66 bits per heavy atom. The number of unbranched alkanes of at least 4 members (excludes halogenated alkanes) is 1. The molecular formula is C65H93N17O16S2. The summed E-state index contributed by atoms with van der Waals surface area (Å²) in [5, 5.41) is 63.4. The SMILES string of the molecule is CC(O)C(NC(=O)C1CSSCC(NC(=O)C(Cc2ccccc2)NC(=O)CN2CCN(CC(N)=O)CCN(CC(N)=O)CCN(CC(N)=O)CC2)C(=O)NC(Cc2ccc(O)cc2)C(=O)NC(Cc2c[nH]c3ccccc23)C(=O)NC(CCCCN)C(=O)NC(C(C)O)C(=O)N1)C(=O)O. The van der Waals surface area contributed by atoms with Crippen molar-refractivity contribution in [2.24, 2.45) is 22.9 Å². The largest absolute Gasteiger partial charge is 0.508 e. The third-order valence-corrected chi connectivity index (χ3v) is 19.0. The molecule has 21 N–H and O–H groups in total. The Bertz CT molecular complexity index is 3410. The minimum Gasteiger partial charge on any atom is -0.508 e. The van der Waals surface area contributed by atoms with E-state index in [2.05, 4.69) is 47.5 Å². The number of phenols is 1. The van der Waals surface area contributed by atoms with Crippen molar-refractivity contribution in [3.05, 3.63) is 102 Å². The molecule has 0 radical (unpaired) electrons. The van der Waals surface area contributed by atoms with Crippen molar-refractivity contribution in [2.45, 2.75) is 113 Å². The average Bonchev–Trinajstić information content (AvgIpc) is 1.59. The van der Waals surface area contributed by atoms with Crippen LogP contribution in [0.25, 0.3) is 10.9 Å². The summed E-state index contributed by atoms with van der Waals surface area (Å²) in [6.07, 6.45) is -1.80. The number of carbonyl (C=O) groups is 12. The Labute approximate surface area is 585 Å². The average molecular weight is 1430 g/mol. The van der Waals surface area contributed by atoms with Gasteiger partial charge < -0.3 is 90.9 Å². The summed E-state index contributed by atoms with van der Waals surface area (Å²) in [4.78, 5) is 177. The van der Waals surface area contributed by atoms with E-state index in [-0.39, 0.29) is 123 Å². The Hall–Kier alpha value is -8.94. The molecule has 4 aromatic rings. The van der Waals surface area contributed by atoms with E-state index in [9.17, 15) is 63.6 Å². The van der Waals surface area contributed by atoms with Gasteiger partial charge in [0, 0.05) is 100 Å². The number of nitrogens with two attached hydrogens (primary N) is 4. The van der Waals surface area contributed by atoms with Gasteiger partial charge in [-0.15, -0.1) is 0 Å². The fourth-order valence-electron chi connectivity index (χ4n) is 11.2. The minimum absolute atomic E-state index is 0.0780. The zero-order chi connectivity index (χ0) is 73.0. The topological polar surface area (TPSA) is 515 Å². The van der Waals surface area contributed by atoms with Crippen LogP contribution < -0.4 is 65.5 Å². The zero-order valence-electron chi connectivity index (χ0n) is 55.8. The first-order chi connectivity index (χ1) is 47.7. The second-order valence-corrected chi connectivity index (χ2v) is 27.3. The molecule has 11 amide bonds. The first-order valence-electron chi connectivity index (χ1n) is 32.7. The summed E-state index contributed by atoms with van der Waals surface area (Å²) in [6.45, 7) is 3.46. The minimum atomic E-state index is -1.90. The number of aromatic hydroxyl groups is 1. The van der Waals surface area contributed by atoms with Gasteiger partial charge in [0.15, 0.2) is 6.04 Å². The molecule has 33 nitrogen and oxygen atoms in total. The number of aliphatic hydroxyl groups is 2. The summed E-state index contributed by atoms with van der Waals surface area (Å²) in [6, 6.07) is 8.29. The van der Waals surface area contributed by atoms with Crippen LogP contribution in [0, 0.1) is 0 Å². The standard InChI is InChI=1S/C65H93N17O16S2/c1-38(83)56-64(96)76-51(63(95)78-57(39(2)84)65(97)98)37-100-99-36-50(75-59(91)47(28-40-10-4-3-5-11-40)71-55(89)35-82-26-24-80(33-53(68)87)22-20-79(32-52(67)86)21-23-81(25-27-82)34-54(69)88)62(94)73-48(29-41-15-17-43(85)18-16-41)60(92)74-49(30-42-31-70-45-13-7-6-12-44(42)45)61(93)72-46(58(90)77-56)14-8-9-19-66/h3-7,10-13,15-18,31,38-39,46-51,56-57,70,83-85H,8-9,14,19-30,32-37,66H2,1-2H3,(H2,67,86)(H2,68,87)(H2,69,88)(H,71,89)(H,72,93)(H,73,94)(H,74,92)(H,75,91)(H,76,96)(H,77,90)(H,78,95)(H,97,98). The number of rotatable bonds is 26. The molecule has 100 heavy (non-hydrogen) atoms.